The molecule has 0 aliphatic heterocycles. The first kappa shape index (κ1) is 13.3. The third-order valence-corrected chi connectivity index (χ3v) is 19.2. The summed E-state index contributed by atoms with van der Waals surface area (Å²) in [5.74, 6) is 0.711. The minimum atomic E-state index is -2.24. The summed E-state index contributed by atoms with van der Waals surface area (Å²) in [7, 11) is 0. The summed E-state index contributed by atoms with van der Waals surface area (Å²) in [6.45, 7) is 2.15. The molecule has 78 valence electrons. The molecule has 0 saturated heterocycles. The van der Waals surface area contributed by atoms with Gasteiger partial charge in [0, 0.05) is 0 Å². The Morgan fingerprint density at radius 1 is 1.23 bits per heavy atom. The predicted molar refractivity (Wildman–Crippen MR) is 71.9 cm³/mol. The molecule has 1 rings (SSSR count). The van der Waals surface area contributed by atoms with Crippen LogP contribution in [0.25, 0.3) is 0 Å². The molecule has 0 amide bonds. The summed E-state index contributed by atoms with van der Waals surface area (Å²) in [5, 5.41) is 0. The van der Waals surface area contributed by atoms with E-state index in [1.807, 2.05) is 0 Å². The van der Waals surface area contributed by atoms with Crippen LogP contribution in [0, 0.1) is 5.92 Å². The molecule has 0 bridgehead atoms. The summed E-state index contributed by atoms with van der Waals surface area (Å²) < 4.78 is 0.794. The van der Waals surface area contributed by atoms with Crippen molar-refractivity contribution in [1.82, 2.24) is 0 Å². The van der Waals surface area contributed by atoms with Crippen molar-refractivity contribution in [2.24, 2.45) is 11.7 Å². The van der Waals surface area contributed by atoms with E-state index in [0.717, 1.165) is 3.93 Å². The van der Waals surface area contributed by atoms with Gasteiger partial charge in [-0.25, -0.2) is 0 Å². The predicted octanol–water partition coefficient (Wildman–Crippen LogP) is 4.02. The zero-order valence-corrected chi connectivity index (χ0v) is 15.4. The van der Waals surface area contributed by atoms with Gasteiger partial charge in [-0.3, -0.25) is 0 Å². The Balaban J connectivity index is 2.67. The molecule has 0 aromatic rings. The average molecular weight is 485 g/mol. The van der Waals surface area contributed by atoms with E-state index in [4.69, 9.17) is 5.73 Å². The van der Waals surface area contributed by atoms with Crippen LogP contribution in [0.4, 0.5) is 0 Å². The van der Waals surface area contributed by atoms with Crippen molar-refractivity contribution in [3.05, 3.63) is 0 Å². The van der Waals surface area contributed by atoms with Gasteiger partial charge in [-0.15, -0.1) is 0 Å². The Kier molecular flexibility index (Phi) is 5.62. The van der Waals surface area contributed by atoms with Crippen molar-refractivity contribution >= 4 is 49.8 Å². The molecular weight excluding hydrogens is 469 g/mol. The molecule has 1 aliphatic carbocycles. The summed E-state index contributed by atoms with van der Waals surface area (Å²) in [6, 6.07) is 0.342. The molecule has 3 atom stereocenters. The van der Waals surface area contributed by atoms with E-state index in [0.29, 0.717) is 12.0 Å². The van der Waals surface area contributed by atoms with Gasteiger partial charge in [-0.05, 0) is 0 Å². The first-order chi connectivity index (χ1) is 5.93. The molecule has 1 aliphatic rings. The van der Waals surface area contributed by atoms with Crippen LogP contribution in [0.3, 0.4) is 0 Å². The zero-order chi connectivity index (χ0) is 10.1. The molecule has 0 heterocycles. The van der Waals surface area contributed by atoms with Gasteiger partial charge in [0.25, 0.3) is 0 Å². The Morgan fingerprint density at radius 3 is 2.15 bits per heavy atom. The van der Waals surface area contributed by atoms with Crippen molar-refractivity contribution in [3.63, 3.8) is 0 Å². The third-order valence-electron chi connectivity index (χ3n) is 2.92. The molecule has 3 unspecified atom stereocenters. The number of halogens is 3. The van der Waals surface area contributed by atoms with E-state index < -0.39 is 11.7 Å². The number of rotatable bonds is 2. The van der Waals surface area contributed by atoms with Crippen molar-refractivity contribution < 1.29 is 0 Å². The van der Waals surface area contributed by atoms with Crippen LogP contribution in [0.1, 0.15) is 32.6 Å². The molecule has 1 fully saturated rings. The van der Waals surface area contributed by atoms with Crippen LogP contribution < -0.4 is 5.73 Å². The van der Waals surface area contributed by atoms with E-state index in [9.17, 15) is 0 Å². The quantitative estimate of drug-likeness (QED) is 0.589. The van der Waals surface area contributed by atoms with Gasteiger partial charge in [0.15, 0.2) is 0 Å². The number of hydrogen-bond donors (Lipinski definition) is 1. The van der Waals surface area contributed by atoms with Gasteiger partial charge in [-0.1, -0.05) is 0 Å². The van der Waals surface area contributed by atoms with Crippen LogP contribution in [-0.2, 0) is 0 Å². The molecule has 5 heteroatoms. The fraction of sp³-hybridized carbons (Fsp3) is 1.00. The van der Waals surface area contributed by atoms with E-state index in [1.165, 1.54) is 25.7 Å². The van der Waals surface area contributed by atoms with Crippen LogP contribution in [0.15, 0.2) is 0 Å². The molecule has 1 saturated carbocycles. The zero-order valence-electron chi connectivity index (χ0n) is 7.77. The molecular formula is C8H16Br3NSn. The summed E-state index contributed by atoms with van der Waals surface area (Å²) in [5.41, 5.74) is 6.03. The van der Waals surface area contributed by atoms with Gasteiger partial charge < -0.3 is 0 Å². The second-order valence-electron chi connectivity index (χ2n) is 3.96. The van der Waals surface area contributed by atoms with Crippen molar-refractivity contribution in [2.45, 2.75) is 42.6 Å². The van der Waals surface area contributed by atoms with Gasteiger partial charge in [0.05, 0.1) is 0 Å². The first-order valence-corrected chi connectivity index (χ1v) is 25.6. The maximum atomic E-state index is 6.03. The Bertz CT molecular complexity index is 169. The molecule has 0 spiro atoms. The first-order valence-electron chi connectivity index (χ1n) is 4.75. The monoisotopic (exact) mass is 483 g/mol. The molecule has 0 aromatic heterocycles. The third kappa shape index (κ3) is 3.93. The van der Waals surface area contributed by atoms with E-state index in [1.54, 1.807) is 0 Å². The summed E-state index contributed by atoms with van der Waals surface area (Å²) >= 11 is 9.27. The van der Waals surface area contributed by atoms with Crippen molar-refractivity contribution in [1.29, 1.82) is 0 Å². The summed E-state index contributed by atoms with van der Waals surface area (Å²) in [6.07, 6.45) is 5.38. The maximum absolute atomic E-state index is 6.03. The van der Waals surface area contributed by atoms with Gasteiger partial charge in [0.1, 0.15) is 0 Å². The van der Waals surface area contributed by atoms with Crippen LogP contribution >= 0.6 is 38.1 Å². The number of nitrogens with two attached hydrogens (primary N) is 1. The topological polar surface area (TPSA) is 26.0 Å². The molecule has 13 heavy (non-hydrogen) atoms. The minimum absolute atomic E-state index is 0.342. The molecule has 0 radical (unpaired) electrons. The SMILES string of the molecule is CC(N)C1CCCC[CH]1[Sn]([Br])([Br])[Br]. The van der Waals surface area contributed by atoms with E-state index in [-0.39, 0.29) is 0 Å². The second kappa shape index (κ2) is 5.50. The Morgan fingerprint density at radius 2 is 1.77 bits per heavy atom. The second-order valence-corrected chi connectivity index (χ2v) is 55.8. The fourth-order valence-corrected chi connectivity index (χ4v) is 17.9. The van der Waals surface area contributed by atoms with Crippen molar-refractivity contribution in [2.75, 3.05) is 0 Å². The fourth-order valence-electron chi connectivity index (χ4n) is 2.20. The van der Waals surface area contributed by atoms with Crippen LogP contribution in [0.2, 0.25) is 3.93 Å². The average Bonchev–Trinajstić information content (AvgIpc) is 2.03. The normalized spacial score (nSPS) is 33.0. The Hall–Kier alpha value is 2.20. The van der Waals surface area contributed by atoms with E-state index >= 15 is 0 Å². The van der Waals surface area contributed by atoms with Gasteiger partial charge >= 0.3 is 104 Å². The number of hydrogen-bond acceptors (Lipinski definition) is 1. The molecule has 2 N–H and O–H groups in total. The molecule has 1 nitrogen and oxygen atoms in total. The van der Waals surface area contributed by atoms with Gasteiger partial charge in [-0.2, -0.15) is 0 Å². The Labute approximate surface area is 103 Å². The summed E-state index contributed by atoms with van der Waals surface area (Å²) in [4.78, 5) is 0. The van der Waals surface area contributed by atoms with Gasteiger partial charge in [0.2, 0.25) is 0 Å². The van der Waals surface area contributed by atoms with Crippen LogP contribution in [-0.4, -0.2) is 17.8 Å². The van der Waals surface area contributed by atoms with E-state index in [2.05, 4.69) is 45.0 Å². The molecule has 0 aromatic carbocycles. The van der Waals surface area contributed by atoms with Crippen molar-refractivity contribution in [3.8, 4) is 0 Å². The standard InChI is InChI=1S/C8H16N.3BrH.Sn/c1-7(9)8-5-3-2-4-6-8;;;;/h5,7-8H,2-4,6,9H2,1H3;3*1H;/q;;;;+3/p-3. The van der Waals surface area contributed by atoms with Crippen LogP contribution in [0.5, 0.6) is 0 Å².